The van der Waals surface area contributed by atoms with Crippen molar-refractivity contribution in [3.63, 3.8) is 0 Å². The van der Waals surface area contributed by atoms with Crippen LogP contribution in [-0.2, 0) is 12.8 Å². The minimum Gasteiger partial charge on any atom is -0.298 e. The maximum atomic E-state index is 11.5. The van der Waals surface area contributed by atoms with E-state index < -0.39 is 0 Å². The molecule has 0 radical (unpaired) electrons. The Balaban J connectivity index is 2.31. The van der Waals surface area contributed by atoms with E-state index in [0.29, 0.717) is 5.92 Å². The molecular weight excluding hydrogens is 234 g/mol. The molecule has 0 amide bonds. The number of carbonyl (C=O) groups excluding carboxylic acids is 1. The molecule has 19 heavy (non-hydrogen) atoms. The lowest BCUT2D eigenvalue weighted by atomic mass is 9.89. The summed E-state index contributed by atoms with van der Waals surface area (Å²) in [6, 6.07) is 6.34. The van der Waals surface area contributed by atoms with Crippen LogP contribution in [0.1, 0.15) is 59.8 Å². The molecule has 0 unspecified atom stereocenters. The van der Waals surface area contributed by atoms with Gasteiger partial charge in [0.2, 0.25) is 0 Å². The zero-order valence-corrected chi connectivity index (χ0v) is 11.6. The Morgan fingerprint density at radius 2 is 2.00 bits per heavy atom. The van der Waals surface area contributed by atoms with Crippen molar-refractivity contribution in [1.29, 1.82) is 0 Å². The van der Waals surface area contributed by atoms with Crippen LogP contribution < -0.4 is 0 Å². The van der Waals surface area contributed by atoms with Crippen molar-refractivity contribution in [2.75, 3.05) is 0 Å². The number of aldehydes is 1. The Hall–Kier alpha value is -1.70. The highest BCUT2D eigenvalue weighted by Gasteiger charge is 2.18. The third-order valence-electron chi connectivity index (χ3n) is 4.11. The first-order valence-corrected chi connectivity index (χ1v) is 7.11. The Morgan fingerprint density at radius 1 is 1.21 bits per heavy atom. The first kappa shape index (κ1) is 12.3. The molecule has 0 spiro atoms. The number of rotatable bonds is 2. The maximum Gasteiger partial charge on any atom is 0.151 e. The number of benzene rings is 1. The fraction of sp³-hybridized carbons (Fsp3) is 0.412. The summed E-state index contributed by atoms with van der Waals surface area (Å²) in [7, 11) is 0. The summed E-state index contributed by atoms with van der Waals surface area (Å²) in [5.41, 5.74) is 5.44. The third-order valence-corrected chi connectivity index (χ3v) is 4.11. The van der Waals surface area contributed by atoms with Crippen LogP contribution in [0.5, 0.6) is 0 Å². The fourth-order valence-electron chi connectivity index (χ4n) is 2.97. The van der Waals surface area contributed by atoms with Crippen molar-refractivity contribution in [3.8, 4) is 0 Å². The van der Waals surface area contributed by atoms with Crippen LogP contribution in [0.4, 0.5) is 0 Å². The molecule has 98 valence electrons. The quantitative estimate of drug-likeness (QED) is 0.756. The number of hydrogen-bond acceptors (Lipinski definition) is 2. The van der Waals surface area contributed by atoms with E-state index in [0.717, 1.165) is 41.3 Å². The summed E-state index contributed by atoms with van der Waals surface area (Å²) >= 11 is 0. The molecule has 0 aliphatic heterocycles. The summed E-state index contributed by atoms with van der Waals surface area (Å²) in [6.45, 7) is 4.35. The van der Waals surface area contributed by atoms with Crippen molar-refractivity contribution in [3.05, 3.63) is 40.6 Å². The number of nitrogens with zero attached hydrogens (tertiary/aromatic N) is 1. The second-order valence-electron chi connectivity index (χ2n) is 5.71. The van der Waals surface area contributed by atoms with Gasteiger partial charge in [0.1, 0.15) is 0 Å². The molecule has 0 saturated carbocycles. The Kier molecular flexibility index (Phi) is 3.09. The summed E-state index contributed by atoms with van der Waals surface area (Å²) in [5, 5.41) is 1.03. The van der Waals surface area contributed by atoms with Crippen LogP contribution >= 0.6 is 0 Å². The summed E-state index contributed by atoms with van der Waals surface area (Å²) in [6.07, 6.45) is 5.40. The smallest absolute Gasteiger partial charge is 0.151 e. The molecule has 2 nitrogen and oxygen atoms in total. The van der Waals surface area contributed by atoms with E-state index in [1.807, 2.05) is 0 Å². The minimum absolute atomic E-state index is 0.472. The van der Waals surface area contributed by atoms with Gasteiger partial charge >= 0.3 is 0 Å². The molecule has 1 aliphatic carbocycles. The average molecular weight is 253 g/mol. The summed E-state index contributed by atoms with van der Waals surface area (Å²) < 4.78 is 0. The molecule has 1 aliphatic rings. The average Bonchev–Trinajstić information content (AvgIpc) is 2.44. The molecule has 0 atom stereocenters. The topological polar surface area (TPSA) is 30.0 Å². The highest BCUT2D eigenvalue weighted by atomic mass is 16.1. The van der Waals surface area contributed by atoms with Crippen LogP contribution in [0.25, 0.3) is 10.9 Å². The van der Waals surface area contributed by atoms with Gasteiger partial charge in [0.05, 0.1) is 5.52 Å². The standard InChI is InChI=1S/C17H19NO/c1-11(2)12-7-8-17-14(9-12)15(10-19)13-5-3-4-6-16(13)18-17/h7-11H,3-6H2,1-2H3. The molecule has 3 rings (SSSR count). The Morgan fingerprint density at radius 3 is 2.74 bits per heavy atom. The van der Waals surface area contributed by atoms with Gasteiger partial charge in [0.15, 0.2) is 6.29 Å². The largest absolute Gasteiger partial charge is 0.298 e. The number of hydrogen-bond donors (Lipinski definition) is 0. The zero-order chi connectivity index (χ0) is 13.4. The van der Waals surface area contributed by atoms with Gasteiger partial charge in [-0.3, -0.25) is 9.78 Å². The van der Waals surface area contributed by atoms with E-state index in [4.69, 9.17) is 4.98 Å². The van der Waals surface area contributed by atoms with Gasteiger partial charge in [-0.25, -0.2) is 0 Å². The minimum atomic E-state index is 0.472. The first-order chi connectivity index (χ1) is 9.20. The van der Waals surface area contributed by atoms with E-state index in [9.17, 15) is 4.79 Å². The van der Waals surface area contributed by atoms with Crippen molar-refractivity contribution in [2.24, 2.45) is 0 Å². The molecule has 0 N–H and O–H groups in total. The Bertz CT molecular complexity index is 643. The van der Waals surface area contributed by atoms with Gasteiger partial charge in [-0.05, 0) is 54.9 Å². The highest BCUT2D eigenvalue weighted by molar-refractivity contribution is 5.98. The van der Waals surface area contributed by atoms with Gasteiger partial charge in [0, 0.05) is 16.6 Å². The van der Waals surface area contributed by atoms with Crippen LogP contribution in [-0.4, -0.2) is 11.3 Å². The molecule has 1 heterocycles. The van der Waals surface area contributed by atoms with Crippen molar-refractivity contribution < 1.29 is 4.79 Å². The number of pyridine rings is 1. The monoisotopic (exact) mass is 253 g/mol. The van der Waals surface area contributed by atoms with Crippen LogP contribution in [0, 0.1) is 0 Å². The van der Waals surface area contributed by atoms with E-state index in [1.165, 1.54) is 24.0 Å². The molecule has 2 aromatic rings. The van der Waals surface area contributed by atoms with Gasteiger partial charge in [-0.1, -0.05) is 19.9 Å². The van der Waals surface area contributed by atoms with Crippen molar-refractivity contribution in [2.45, 2.75) is 45.4 Å². The third kappa shape index (κ3) is 2.05. The lowest BCUT2D eigenvalue weighted by molar-refractivity contribution is 0.112. The van der Waals surface area contributed by atoms with Crippen LogP contribution in [0.3, 0.4) is 0 Å². The van der Waals surface area contributed by atoms with E-state index in [2.05, 4.69) is 32.0 Å². The van der Waals surface area contributed by atoms with Crippen LogP contribution in [0.15, 0.2) is 18.2 Å². The molecule has 1 aromatic heterocycles. The zero-order valence-electron chi connectivity index (χ0n) is 11.6. The van der Waals surface area contributed by atoms with Crippen molar-refractivity contribution >= 4 is 17.2 Å². The van der Waals surface area contributed by atoms with E-state index >= 15 is 0 Å². The molecule has 0 saturated heterocycles. The second-order valence-corrected chi connectivity index (χ2v) is 5.71. The molecule has 2 heteroatoms. The Labute approximate surface area is 113 Å². The predicted molar refractivity (Wildman–Crippen MR) is 77.9 cm³/mol. The van der Waals surface area contributed by atoms with E-state index in [-0.39, 0.29) is 0 Å². The number of fused-ring (bicyclic) bond motifs is 2. The molecular formula is C17H19NO. The van der Waals surface area contributed by atoms with Crippen LogP contribution in [0.2, 0.25) is 0 Å². The number of carbonyl (C=O) groups is 1. The van der Waals surface area contributed by atoms with Gasteiger partial charge in [-0.2, -0.15) is 0 Å². The summed E-state index contributed by atoms with van der Waals surface area (Å²) in [5.74, 6) is 0.472. The normalized spacial score (nSPS) is 14.7. The molecule has 0 fully saturated rings. The SMILES string of the molecule is CC(C)c1ccc2nc3c(c(C=O)c2c1)CCCC3. The van der Waals surface area contributed by atoms with E-state index in [1.54, 1.807) is 0 Å². The second kappa shape index (κ2) is 4.76. The highest BCUT2D eigenvalue weighted by Crippen LogP contribution is 2.30. The molecule has 1 aromatic carbocycles. The number of aromatic nitrogens is 1. The van der Waals surface area contributed by atoms with Gasteiger partial charge in [-0.15, -0.1) is 0 Å². The fourth-order valence-corrected chi connectivity index (χ4v) is 2.97. The summed E-state index contributed by atoms with van der Waals surface area (Å²) in [4.78, 5) is 16.3. The van der Waals surface area contributed by atoms with Gasteiger partial charge < -0.3 is 0 Å². The lowest BCUT2D eigenvalue weighted by Crippen LogP contribution is -2.09. The van der Waals surface area contributed by atoms with Gasteiger partial charge in [0.25, 0.3) is 0 Å². The predicted octanol–water partition coefficient (Wildman–Crippen LogP) is 4.05. The number of aryl methyl sites for hydroxylation is 1. The molecule has 0 bridgehead atoms. The first-order valence-electron chi connectivity index (χ1n) is 7.11. The maximum absolute atomic E-state index is 11.5. The lowest BCUT2D eigenvalue weighted by Gasteiger charge is -2.19. The van der Waals surface area contributed by atoms with Crippen molar-refractivity contribution in [1.82, 2.24) is 4.98 Å².